The van der Waals surface area contributed by atoms with Crippen molar-refractivity contribution in [3.63, 3.8) is 0 Å². The van der Waals surface area contributed by atoms with E-state index in [1.165, 1.54) is 12.0 Å². The third kappa shape index (κ3) is 7.37. The third-order valence-electron chi connectivity index (χ3n) is 10.0. The van der Waals surface area contributed by atoms with Gasteiger partial charge in [0, 0.05) is 0 Å². The lowest BCUT2D eigenvalue weighted by Crippen LogP contribution is -2.68. The topological polar surface area (TPSA) is 30.9 Å². The van der Waals surface area contributed by atoms with Gasteiger partial charge in [-0.1, -0.05) is 85.7 Å². The fourth-order valence-corrected chi connectivity index (χ4v) is 6.91. The Labute approximate surface area is 232 Å². The van der Waals surface area contributed by atoms with E-state index in [1.54, 1.807) is 0 Å². The van der Waals surface area contributed by atoms with Crippen molar-refractivity contribution in [2.75, 3.05) is 13.2 Å². The van der Waals surface area contributed by atoms with Gasteiger partial charge < -0.3 is 8.85 Å². The average Bonchev–Trinajstić information content (AvgIpc) is 2.82. The zero-order chi connectivity index (χ0) is 28.3. The van der Waals surface area contributed by atoms with E-state index < -0.39 is 16.6 Å². The van der Waals surface area contributed by atoms with Gasteiger partial charge in [-0.15, -0.1) is 0 Å². The Morgan fingerprint density at radius 1 is 0.784 bits per heavy atom. The molecule has 6 heteroatoms. The molecule has 2 rings (SSSR count). The molecular formula is C31H59NO3Si2. The van der Waals surface area contributed by atoms with Crippen molar-refractivity contribution in [2.24, 2.45) is 0 Å². The number of piperidine rings is 1. The van der Waals surface area contributed by atoms with Crippen LogP contribution in [0.5, 0.6) is 0 Å². The van der Waals surface area contributed by atoms with Gasteiger partial charge >= 0.3 is 0 Å². The Balaban J connectivity index is 2.51. The van der Waals surface area contributed by atoms with Crippen LogP contribution in [0.2, 0.25) is 36.3 Å². The number of hydrogen-bond donors (Lipinski definition) is 0. The molecule has 1 aromatic rings. The van der Waals surface area contributed by atoms with Crippen molar-refractivity contribution >= 4 is 16.6 Å². The van der Waals surface area contributed by atoms with Gasteiger partial charge in [-0.2, -0.15) is 5.06 Å². The van der Waals surface area contributed by atoms with Gasteiger partial charge in [0.25, 0.3) is 0 Å². The molecule has 3 unspecified atom stereocenters. The molecule has 0 aromatic heterocycles. The lowest BCUT2D eigenvalue weighted by molar-refractivity contribution is -0.330. The van der Waals surface area contributed by atoms with Gasteiger partial charge in [-0.25, -0.2) is 0 Å². The summed E-state index contributed by atoms with van der Waals surface area (Å²) in [5.41, 5.74) is 0.853. The molecule has 0 radical (unpaired) electrons. The minimum absolute atomic E-state index is 0.0445. The molecule has 37 heavy (non-hydrogen) atoms. The molecule has 4 nitrogen and oxygen atoms in total. The van der Waals surface area contributed by atoms with Gasteiger partial charge in [-0.3, -0.25) is 4.84 Å². The number of rotatable bonds is 11. The van der Waals surface area contributed by atoms with Crippen LogP contribution in [0, 0.1) is 0 Å². The summed E-state index contributed by atoms with van der Waals surface area (Å²) >= 11 is 0. The molecule has 1 heterocycles. The molecule has 0 spiro atoms. The summed E-state index contributed by atoms with van der Waals surface area (Å²) in [5, 5.41) is 2.77. The normalized spacial score (nSPS) is 25.3. The molecule has 1 saturated heterocycles. The Morgan fingerprint density at radius 3 is 1.54 bits per heavy atom. The van der Waals surface area contributed by atoms with Gasteiger partial charge in [0.1, 0.15) is 6.10 Å². The van der Waals surface area contributed by atoms with Crippen LogP contribution in [-0.2, 0) is 13.7 Å². The molecule has 0 N–H and O–H groups in total. The quantitative estimate of drug-likeness (QED) is 0.257. The minimum atomic E-state index is -1.92. The first-order chi connectivity index (χ1) is 16.9. The van der Waals surface area contributed by atoms with E-state index in [1.807, 2.05) is 0 Å². The lowest BCUT2D eigenvalue weighted by Gasteiger charge is -2.58. The highest BCUT2D eigenvalue weighted by Crippen LogP contribution is 2.47. The van der Waals surface area contributed by atoms with Crippen molar-refractivity contribution in [1.82, 2.24) is 5.06 Å². The van der Waals surface area contributed by atoms with Crippen molar-refractivity contribution in [1.29, 1.82) is 0 Å². The van der Waals surface area contributed by atoms with Crippen LogP contribution in [0.15, 0.2) is 30.3 Å². The fraction of sp³-hybridized carbons (Fsp3) is 0.806. The average molecular weight is 550 g/mol. The van der Waals surface area contributed by atoms with E-state index in [9.17, 15) is 0 Å². The summed E-state index contributed by atoms with van der Waals surface area (Å²) < 4.78 is 13.9. The zero-order valence-corrected chi connectivity index (χ0v) is 28.6. The highest BCUT2D eigenvalue weighted by atomic mass is 28.4. The fourth-order valence-electron chi connectivity index (χ4n) is 4.79. The van der Waals surface area contributed by atoms with E-state index in [2.05, 4.69) is 124 Å². The SMILES string of the molecule is CCC1(CO[Si](C)(C)C(C)(C)C)CCCC(CC)(CO[Si](C)(C)C(C)(C)C)N1OC(C)c1ccccc1. The molecule has 0 aliphatic carbocycles. The second-order valence-electron chi connectivity index (χ2n) is 14.6. The number of nitrogens with zero attached hydrogens (tertiary/aromatic N) is 1. The van der Waals surface area contributed by atoms with Gasteiger partial charge in [0.15, 0.2) is 16.6 Å². The molecular weight excluding hydrogens is 491 g/mol. The molecule has 1 aliphatic rings. The third-order valence-corrected chi connectivity index (χ3v) is 19.0. The van der Waals surface area contributed by atoms with Crippen LogP contribution < -0.4 is 0 Å². The molecule has 1 fully saturated rings. The monoisotopic (exact) mass is 549 g/mol. The van der Waals surface area contributed by atoms with Crippen molar-refractivity contribution in [3.05, 3.63) is 35.9 Å². The van der Waals surface area contributed by atoms with E-state index in [4.69, 9.17) is 13.7 Å². The molecule has 1 aromatic carbocycles. The predicted molar refractivity (Wildman–Crippen MR) is 164 cm³/mol. The summed E-state index contributed by atoms with van der Waals surface area (Å²) in [7, 11) is -3.84. The minimum Gasteiger partial charge on any atom is -0.415 e. The first-order valence-corrected chi connectivity index (χ1v) is 20.5. The smallest absolute Gasteiger partial charge is 0.192 e. The Hall–Kier alpha value is -0.506. The first-order valence-electron chi connectivity index (χ1n) is 14.7. The maximum absolute atomic E-state index is 7.10. The van der Waals surface area contributed by atoms with Gasteiger partial charge in [0.05, 0.1) is 24.3 Å². The second-order valence-corrected chi connectivity index (χ2v) is 24.2. The van der Waals surface area contributed by atoms with Crippen LogP contribution in [0.1, 0.15) is 106 Å². The summed E-state index contributed by atoms with van der Waals surface area (Å²) in [5.74, 6) is 0. The largest absolute Gasteiger partial charge is 0.415 e. The number of hydroxylamine groups is 2. The van der Waals surface area contributed by atoms with Crippen LogP contribution in [0.3, 0.4) is 0 Å². The van der Waals surface area contributed by atoms with E-state index in [0.717, 1.165) is 25.7 Å². The highest BCUT2D eigenvalue weighted by Gasteiger charge is 2.54. The first kappa shape index (κ1) is 32.7. The van der Waals surface area contributed by atoms with E-state index >= 15 is 0 Å². The van der Waals surface area contributed by atoms with E-state index in [-0.39, 0.29) is 27.3 Å². The molecule has 0 bridgehead atoms. The zero-order valence-electron chi connectivity index (χ0n) is 26.6. The second kappa shape index (κ2) is 11.9. The highest BCUT2D eigenvalue weighted by molar-refractivity contribution is 6.74. The van der Waals surface area contributed by atoms with Crippen molar-refractivity contribution in [3.8, 4) is 0 Å². The van der Waals surface area contributed by atoms with E-state index in [0.29, 0.717) is 13.2 Å². The van der Waals surface area contributed by atoms with Gasteiger partial charge in [0.2, 0.25) is 0 Å². The lowest BCUT2D eigenvalue weighted by atomic mass is 9.76. The Morgan fingerprint density at radius 2 is 1.19 bits per heavy atom. The summed E-state index contributed by atoms with van der Waals surface area (Å²) in [6.45, 7) is 31.7. The number of benzene rings is 1. The van der Waals surface area contributed by atoms with Crippen molar-refractivity contribution < 1.29 is 13.7 Å². The van der Waals surface area contributed by atoms with Crippen molar-refractivity contribution in [2.45, 2.75) is 148 Å². The summed E-state index contributed by atoms with van der Waals surface area (Å²) in [4.78, 5) is 7.10. The molecule has 214 valence electrons. The summed E-state index contributed by atoms with van der Waals surface area (Å²) in [6, 6.07) is 10.6. The molecule has 0 saturated carbocycles. The van der Waals surface area contributed by atoms with Crippen LogP contribution in [0.4, 0.5) is 0 Å². The van der Waals surface area contributed by atoms with Gasteiger partial charge in [-0.05, 0) is 80.9 Å². The molecule has 0 amide bonds. The van der Waals surface area contributed by atoms with Crippen LogP contribution in [-0.4, -0.2) is 46.0 Å². The van der Waals surface area contributed by atoms with Crippen LogP contribution >= 0.6 is 0 Å². The summed E-state index contributed by atoms with van der Waals surface area (Å²) in [6.07, 6.45) is 5.28. The molecule has 1 aliphatic heterocycles. The maximum atomic E-state index is 7.10. The predicted octanol–water partition coefficient (Wildman–Crippen LogP) is 9.51. The number of hydrogen-bond acceptors (Lipinski definition) is 4. The Bertz CT molecular complexity index is 800. The maximum Gasteiger partial charge on any atom is 0.192 e. The Kier molecular flexibility index (Phi) is 10.5. The molecule has 3 atom stereocenters. The standard InChI is InChI=1S/C31H59NO3Si2/c1-14-30(24-33-36(10,11)28(4,5)6)22-19-23-31(15-2,25-34-37(12,13)29(7,8)9)32(30)35-26(3)27-20-17-16-18-21-27/h16-18,20-21,26H,14-15,19,22-25H2,1-13H3. The van der Waals surface area contributed by atoms with Crippen LogP contribution in [0.25, 0.3) is 0 Å².